The summed E-state index contributed by atoms with van der Waals surface area (Å²) in [6.45, 7) is 2.45. The van der Waals surface area contributed by atoms with Gasteiger partial charge >= 0.3 is 5.97 Å². The Kier molecular flexibility index (Phi) is 8.00. The van der Waals surface area contributed by atoms with E-state index in [0.29, 0.717) is 32.2 Å². The Hall–Kier alpha value is -2.93. The second-order valence-electron chi connectivity index (χ2n) is 8.00. The third-order valence-electron chi connectivity index (χ3n) is 5.81. The van der Waals surface area contributed by atoms with E-state index >= 15 is 0 Å². The van der Waals surface area contributed by atoms with Gasteiger partial charge in [-0.25, -0.2) is 4.79 Å². The van der Waals surface area contributed by atoms with Crippen molar-refractivity contribution in [2.45, 2.75) is 57.3 Å². The number of carbonyl (C=O) groups is 3. The van der Waals surface area contributed by atoms with Crippen LogP contribution >= 0.6 is 0 Å². The monoisotopic (exact) mass is 425 g/mol. The summed E-state index contributed by atoms with van der Waals surface area (Å²) >= 11 is 0. The molecule has 4 atom stereocenters. The van der Waals surface area contributed by atoms with Crippen LogP contribution in [0.25, 0.3) is 0 Å². The topological polar surface area (TPSA) is 102 Å². The van der Waals surface area contributed by atoms with Crippen LogP contribution in [0, 0.1) is 5.92 Å². The Balaban J connectivity index is 1.70. The lowest BCUT2D eigenvalue weighted by Crippen LogP contribution is -2.57. The van der Waals surface area contributed by atoms with E-state index in [1.54, 1.807) is 4.90 Å². The van der Waals surface area contributed by atoms with Crippen molar-refractivity contribution < 1.29 is 19.1 Å². The highest BCUT2D eigenvalue weighted by Crippen LogP contribution is 2.24. The molecule has 0 saturated carbocycles. The van der Waals surface area contributed by atoms with Gasteiger partial charge in [-0.1, -0.05) is 61.6 Å². The predicted octanol–water partition coefficient (Wildman–Crippen LogP) is 2.08. The van der Waals surface area contributed by atoms with Gasteiger partial charge in [0.2, 0.25) is 11.8 Å². The summed E-state index contributed by atoms with van der Waals surface area (Å²) in [5, 5.41) is 2.84. The van der Waals surface area contributed by atoms with Crippen LogP contribution in [-0.4, -0.2) is 47.4 Å². The number of allylic oxidation sites excluding steroid dienone is 3. The molecule has 0 radical (unpaired) electrons. The number of nitrogens with two attached hydrogens (primary N) is 1. The first-order valence-corrected chi connectivity index (χ1v) is 10.9. The molecule has 31 heavy (non-hydrogen) atoms. The fraction of sp³-hybridized carbons (Fsp3) is 0.458. The molecule has 3 rings (SSSR count). The minimum atomic E-state index is -0.770. The van der Waals surface area contributed by atoms with E-state index in [1.165, 1.54) is 0 Å². The normalized spacial score (nSPS) is 22.1. The number of carbonyl (C=O) groups excluding carboxylic acids is 3. The van der Waals surface area contributed by atoms with Crippen molar-refractivity contribution in [3.05, 3.63) is 60.2 Å². The zero-order valence-electron chi connectivity index (χ0n) is 17.9. The molecule has 0 spiro atoms. The standard InChI is InChI=1S/C24H31N3O4/c1-2-19(25)22(28)26-21(18-12-7-4-8-13-18)23(29)27-15-9-14-20(27)24(30)31-16-17-10-5-3-6-11-17/h3-8,10-12,18-21H,2,9,13-16,25H2,1H3,(H,26,28)/t18?,19-,20+,21-/m0/s1. The molecule has 1 unspecified atom stereocenters. The molecule has 1 aliphatic heterocycles. The van der Waals surface area contributed by atoms with Crippen LogP contribution in [0.3, 0.4) is 0 Å². The molecule has 1 aromatic rings. The summed E-state index contributed by atoms with van der Waals surface area (Å²) in [6, 6.07) is 7.35. The molecular formula is C24H31N3O4. The summed E-state index contributed by atoms with van der Waals surface area (Å²) in [5.74, 6) is -1.22. The van der Waals surface area contributed by atoms with Gasteiger partial charge in [-0.05, 0) is 31.2 Å². The zero-order valence-corrected chi connectivity index (χ0v) is 17.9. The van der Waals surface area contributed by atoms with Gasteiger partial charge in [-0.2, -0.15) is 0 Å². The highest BCUT2D eigenvalue weighted by molar-refractivity contribution is 5.92. The smallest absolute Gasteiger partial charge is 0.329 e. The number of hydrogen-bond donors (Lipinski definition) is 2. The Labute approximate surface area is 183 Å². The number of likely N-dealkylation sites (tertiary alicyclic amines) is 1. The lowest BCUT2D eigenvalue weighted by atomic mass is 9.91. The van der Waals surface area contributed by atoms with Gasteiger partial charge < -0.3 is 20.7 Å². The highest BCUT2D eigenvalue weighted by atomic mass is 16.5. The Morgan fingerprint density at radius 1 is 1.23 bits per heavy atom. The van der Waals surface area contributed by atoms with E-state index in [4.69, 9.17) is 10.5 Å². The molecule has 1 aromatic carbocycles. The SMILES string of the molecule is CC[C@H](N)C(=O)N[C@H](C(=O)N1CCC[C@@H]1C(=O)OCc1ccccc1)C1C=CC=CC1. The number of hydrogen-bond acceptors (Lipinski definition) is 5. The quantitative estimate of drug-likeness (QED) is 0.621. The maximum atomic E-state index is 13.5. The van der Waals surface area contributed by atoms with Crippen LogP contribution in [-0.2, 0) is 25.7 Å². The number of rotatable bonds is 8. The van der Waals surface area contributed by atoms with E-state index in [0.717, 1.165) is 5.56 Å². The molecule has 7 heteroatoms. The van der Waals surface area contributed by atoms with Gasteiger partial charge in [0.15, 0.2) is 0 Å². The summed E-state index contributed by atoms with van der Waals surface area (Å²) < 4.78 is 5.49. The molecule has 166 valence electrons. The van der Waals surface area contributed by atoms with Crippen LogP contribution in [0.5, 0.6) is 0 Å². The summed E-state index contributed by atoms with van der Waals surface area (Å²) in [4.78, 5) is 40.3. The number of esters is 1. The van der Waals surface area contributed by atoms with Crippen LogP contribution in [0.4, 0.5) is 0 Å². The second-order valence-corrected chi connectivity index (χ2v) is 8.00. The maximum absolute atomic E-state index is 13.5. The maximum Gasteiger partial charge on any atom is 0.329 e. The number of nitrogens with zero attached hydrogens (tertiary/aromatic N) is 1. The van der Waals surface area contributed by atoms with Crippen molar-refractivity contribution in [3.8, 4) is 0 Å². The molecule has 0 bridgehead atoms. The minimum absolute atomic E-state index is 0.167. The van der Waals surface area contributed by atoms with E-state index in [1.807, 2.05) is 61.6 Å². The fourth-order valence-electron chi connectivity index (χ4n) is 3.92. The van der Waals surface area contributed by atoms with E-state index in [-0.39, 0.29) is 24.3 Å². The summed E-state index contributed by atoms with van der Waals surface area (Å²) in [5.41, 5.74) is 6.77. The molecule has 1 aliphatic carbocycles. The molecular weight excluding hydrogens is 394 g/mol. The van der Waals surface area contributed by atoms with Gasteiger partial charge in [-0.15, -0.1) is 0 Å². The predicted molar refractivity (Wildman–Crippen MR) is 118 cm³/mol. The van der Waals surface area contributed by atoms with E-state index < -0.39 is 24.1 Å². The van der Waals surface area contributed by atoms with Gasteiger partial charge in [0.05, 0.1) is 6.04 Å². The van der Waals surface area contributed by atoms with Crippen LogP contribution in [0.15, 0.2) is 54.6 Å². The van der Waals surface area contributed by atoms with Crippen molar-refractivity contribution in [1.82, 2.24) is 10.2 Å². The summed E-state index contributed by atoms with van der Waals surface area (Å²) in [7, 11) is 0. The number of amides is 2. The summed E-state index contributed by atoms with van der Waals surface area (Å²) in [6.07, 6.45) is 10.0. The average molecular weight is 426 g/mol. The lowest BCUT2D eigenvalue weighted by molar-refractivity contribution is -0.155. The van der Waals surface area contributed by atoms with Crippen molar-refractivity contribution in [2.75, 3.05) is 6.54 Å². The highest BCUT2D eigenvalue weighted by Gasteiger charge is 2.40. The first-order valence-electron chi connectivity index (χ1n) is 10.9. The van der Waals surface area contributed by atoms with Gasteiger partial charge in [-0.3, -0.25) is 9.59 Å². The first-order chi connectivity index (χ1) is 15.0. The van der Waals surface area contributed by atoms with Gasteiger partial charge in [0, 0.05) is 12.5 Å². The third kappa shape index (κ3) is 5.82. The molecule has 0 aromatic heterocycles. The van der Waals surface area contributed by atoms with Crippen LogP contribution in [0.1, 0.15) is 38.2 Å². The number of nitrogens with one attached hydrogen (secondary N) is 1. The number of ether oxygens (including phenoxy) is 1. The van der Waals surface area contributed by atoms with Crippen molar-refractivity contribution >= 4 is 17.8 Å². The van der Waals surface area contributed by atoms with Crippen LogP contribution < -0.4 is 11.1 Å². The van der Waals surface area contributed by atoms with Gasteiger partial charge in [0.25, 0.3) is 0 Å². The lowest BCUT2D eigenvalue weighted by Gasteiger charge is -2.32. The second kappa shape index (κ2) is 10.9. The van der Waals surface area contributed by atoms with Crippen LogP contribution in [0.2, 0.25) is 0 Å². The molecule has 1 heterocycles. The van der Waals surface area contributed by atoms with Gasteiger partial charge in [0.1, 0.15) is 18.7 Å². The van der Waals surface area contributed by atoms with Crippen molar-refractivity contribution in [1.29, 1.82) is 0 Å². The van der Waals surface area contributed by atoms with E-state index in [9.17, 15) is 14.4 Å². The zero-order chi connectivity index (χ0) is 22.2. The molecule has 1 fully saturated rings. The minimum Gasteiger partial charge on any atom is -0.459 e. The Bertz CT molecular complexity index is 836. The first kappa shape index (κ1) is 22.7. The number of benzene rings is 1. The van der Waals surface area contributed by atoms with Crippen molar-refractivity contribution in [2.24, 2.45) is 11.7 Å². The fourth-order valence-corrected chi connectivity index (χ4v) is 3.92. The van der Waals surface area contributed by atoms with E-state index in [2.05, 4.69) is 5.32 Å². The third-order valence-corrected chi connectivity index (χ3v) is 5.81. The average Bonchev–Trinajstić information content (AvgIpc) is 3.31. The molecule has 2 aliphatic rings. The molecule has 1 saturated heterocycles. The molecule has 3 N–H and O–H groups in total. The Morgan fingerprint density at radius 3 is 2.68 bits per heavy atom. The van der Waals surface area contributed by atoms with Crippen molar-refractivity contribution in [3.63, 3.8) is 0 Å². The molecule has 7 nitrogen and oxygen atoms in total. The largest absolute Gasteiger partial charge is 0.459 e. The molecule has 2 amide bonds. The Morgan fingerprint density at radius 2 is 2.00 bits per heavy atom.